The molecule has 0 unspecified atom stereocenters. The molecule has 0 bridgehead atoms. The number of nitrogens with zero attached hydrogens (tertiary/aromatic N) is 1. The van der Waals surface area contributed by atoms with Crippen molar-refractivity contribution in [2.24, 2.45) is 0 Å². The second kappa shape index (κ2) is 5.65. The van der Waals surface area contributed by atoms with Gasteiger partial charge in [0.15, 0.2) is 0 Å². The van der Waals surface area contributed by atoms with Gasteiger partial charge in [-0.25, -0.2) is 4.79 Å². The number of rotatable bonds is 4. The Balaban J connectivity index is 2.17. The van der Waals surface area contributed by atoms with Crippen molar-refractivity contribution in [3.05, 3.63) is 64.5 Å². The van der Waals surface area contributed by atoms with E-state index in [0.717, 1.165) is 12.0 Å². The molecule has 0 atom stereocenters. The van der Waals surface area contributed by atoms with Gasteiger partial charge in [-0.15, -0.1) is 0 Å². The average molecular weight is 255 g/mol. The normalized spacial score (nSPS) is 10.4. The van der Waals surface area contributed by atoms with Gasteiger partial charge in [0, 0.05) is 12.4 Å². The number of aromatic carboxylic acids is 1. The summed E-state index contributed by atoms with van der Waals surface area (Å²) in [7, 11) is 0. The minimum Gasteiger partial charge on any atom is -0.478 e. The van der Waals surface area contributed by atoms with Crippen molar-refractivity contribution in [1.29, 1.82) is 0 Å². The van der Waals surface area contributed by atoms with Gasteiger partial charge in [0.1, 0.15) is 0 Å². The van der Waals surface area contributed by atoms with Crippen LogP contribution in [0.5, 0.6) is 0 Å². The van der Waals surface area contributed by atoms with Crippen LogP contribution in [0.1, 0.15) is 32.6 Å². The van der Waals surface area contributed by atoms with Crippen LogP contribution >= 0.6 is 0 Å². The number of carboxylic acids is 1. The molecule has 19 heavy (non-hydrogen) atoms. The molecule has 1 aromatic heterocycles. The molecule has 3 nitrogen and oxygen atoms in total. The molecule has 1 N–H and O–H groups in total. The van der Waals surface area contributed by atoms with E-state index in [2.05, 4.69) is 37.0 Å². The van der Waals surface area contributed by atoms with Crippen molar-refractivity contribution >= 4 is 5.97 Å². The quantitative estimate of drug-likeness (QED) is 0.912. The first kappa shape index (κ1) is 13.3. The molecule has 98 valence electrons. The van der Waals surface area contributed by atoms with E-state index in [1.165, 1.54) is 22.9 Å². The second-order valence-corrected chi connectivity index (χ2v) is 4.77. The van der Waals surface area contributed by atoms with Gasteiger partial charge in [-0.3, -0.25) is 4.98 Å². The van der Waals surface area contributed by atoms with Crippen LogP contribution in [0.15, 0.2) is 36.7 Å². The van der Waals surface area contributed by atoms with Crippen LogP contribution in [0.3, 0.4) is 0 Å². The Morgan fingerprint density at radius 1 is 1.16 bits per heavy atom. The van der Waals surface area contributed by atoms with Crippen molar-refractivity contribution in [1.82, 2.24) is 4.98 Å². The number of carboxylic acid groups (broad SMARTS) is 1. The van der Waals surface area contributed by atoms with E-state index in [9.17, 15) is 4.79 Å². The van der Waals surface area contributed by atoms with Gasteiger partial charge in [-0.05, 0) is 49.4 Å². The molecule has 0 spiro atoms. The van der Waals surface area contributed by atoms with Crippen molar-refractivity contribution in [2.75, 3.05) is 0 Å². The molecule has 0 fully saturated rings. The van der Waals surface area contributed by atoms with E-state index in [4.69, 9.17) is 5.11 Å². The lowest BCUT2D eigenvalue weighted by Gasteiger charge is -2.08. The van der Waals surface area contributed by atoms with Crippen LogP contribution in [-0.4, -0.2) is 16.1 Å². The van der Waals surface area contributed by atoms with Gasteiger partial charge in [0.05, 0.1) is 5.56 Å². The second-order valence-electron chi connectivity index (χ2n) is 4.77. The number of benzene rings is 1. The number of hydrogen-bond donors (Lipinski definition) is 1. The molecule has 3 heteroatoms. The zero-order chi connectivity index (χ0) is 13.8. The number of aromatic nitrogens is 1. The average Bonchev–Trinajstić information content (AvgIpc) is 2.38. The minimum absolute atomic E-state index is 0.347. The summed E-state index contributed by atoms with van der Waals surface area (Å²) in [5.74, 6) is -0.891. The zero-order valence-electron chi connectivity index (χ0n) is 11.2. The van der Waals surface area contributed by atoms with E-state index in [0.29, 0.717) is 12.0 Å². The summed E-state index contributed by atoms with van der Waals surface area (Å²) >= 11 is 0. The lowest BCUT2D eigenvalue weighted by Crippen LogP contribution is -2.04. The van der Waals surface area contributed by atoms with Gasteiger partial charge < -0.3 is 5.11 Å². The van der Waals surface area contributed by atoms with Crippen LogP contribution < -0.4 is 0 Å². The highest BCUT2D eigenvalue weighted by Crippen LogP contribution is 2.15. The smallest absolute Gasteiger partial charge is 0.336 e. The fourth-order valence-electron chi connectivity index (χ4n) is 2.23. The van der Waals surface area contributed by atoms with Crippen LogP contribution in [0, 0.1) is 13.8 Å². The molecule has 2 aromatic rings. The van der Waals surface area contributed by atoms with Crippen molar-refractivity contribution in [2.45, 2.75) is 26.7 Å². The Kier molecular flexibility index (Phi) is 3.95. The van der Waals surface area contributed by atoms with Crippen LogP contribution in [0.25, 0.3) is 0 Å². The summed E-state index contributed by atoms with van der Waals surface area (Å²) in [5.41, 5.74) is 4.88. The third kappa shape index (κ3) is 3.19. The lowest BCUT2D eigenvalue weighted by molar-refractivity contribution is 0.0695. The van der Waals surface area contributed by atoms with Crippen molar-refractivity contribution < 1.29 is 9.90 Å². The fraction of sp³-hybridized carbons (Fsp3) is 0.250. The van der Waals surface area contributed by atoms with E-state index in [1.54, 1.807) is 12.3 Å². The Morgan fingerprint density at radius 3 is 2.58 bits per heavy atom. The van der Waals surface area contributed by atoms with E-state index < -0.39 is 5.97 Å². The Hall–Kier alpha value is -2.16. The topological polar surface area (TPSA) is 50.2 Å². The van der Waals surface area contributed by atoms with Gasteiger partial charge >= 0.3 is 5.97 Å². The molecule has 0 saturated carbocycles. The predicted octanol–water partition coefficient (Wildman–Crippen LogP) is 3.18. The molecule has 0 aliphatic carbocycles. The van der Waals surface area contributed by atoms with E-state index in [1.807, 2.05) is 0 Å². The molecule has 0 aliphatic rings. The fourth-order valence-corrected chi connectivity index (χ4v) is 2.23. The molecule has 0 amide bonds. The van der Waals surface area contributed by atoms with Crippen molar-refractivity contribution in [3.8, 4) is 0 Å². The Morgan fingerprint density at radius 2 is 1.89 bits per heavy atom. The van der Waals surface area contributed by atoms with E-state index in [-0.39, 0.29) is 0 Å². The number of carbonyl (C=O) groups is 1. The SMILES string of the molecule is Cc1ccc(CCc2cnccc2C(=O)O)c(C)c1. The highest BCUT2D eigenvalue weighted by Gasteiger charge is 2.10. The van der Waals surface area contributed by atoms with Crippen molar-refractivity contribution in [3.63, 3.8) is 0 Å². The Bertz CT molecular complexity index is 605. The molecule has 0 radical (unpaired) electrons. The largest absolute Gasteiger partial charge is 0.478 e. The molecule has 2 rings (SSSR count). The molecular weight excluding hydrogens is 238 g/mol. The molecule has 0 aliphatic heterocycles. The maximum atomic E-state index is 11.1. The summed E-state index contributed by atoms with van der Waals surface area (Å²) in [6.45, 7) is 4.16. The monoisotopic (exact) mass is 255 g/mol. The Labute approximate surface area is 112 Å². The van der Waals surface area contributed by atoms with Gasteiger partial charge in [-0.2, -0.15) is 0 Å². The summed E-state index contributed by atoms with van der Waals surface area (Å²) in [5, 5.41) is 9.13. The van der Waals surface area contributed by atoms with Gasteiger partial charge in [-0.1, -0.05) is 23.8 Å². The first-order valence-corrected chi connectivity index (χ1v) is 6.30. The summed E-state index contributed by atoms with van der Waals surface area (Å²) in [4.78, 5) is 15.1. The summed E-state index contributed by atoms with van der Waals surface area (Å²) in [6.07, 6.45) is 4.69. The van der Waals surface area contributed by atoms with Gasteiger partial charge in [0.25, 0.3) is 0 Å². The first-order chi connectivity index (χ1) is 9.08. The minimum atomic E-state index is -0.891. The maximum absolute atomic E-state index is 11.1. The predicted molar refractivity (Wildman–Crippen MR) is 74.5 cm³/mol. The van der Waals surface area contributed by atoms with Crippen LogP contribution in [-0.2, 0) is 12.8 Å². The van der Waals surface area contributed by atoms with Gasteiger partial charge in [0.2, 0.25) is 0 Å². The highest BCUT2D eigenvalue weighted by molar-refractivity contribution is 5.89. The maximum Gasteiger partial charge on any atom is 0.336 e. The molecule has 1 aromatic carbocycles. The van der Waals surface area contributed by atoms with Crippen LogP contribution in [0.4, 0.5) is 0 Å². The number of pyridine rings is 1. The number of aryl methyl sites for hydroxylation is 4. The standard InChI is InChI=1S/C16H17NO2/c1-11-3-4-13(12(2)9-11)5-6-14-10-17-8-7-15(14)16(18)19/h3-4,7-10H,5-6H2,1-2H3,(H,18,19). The third-order valence-corrected chi connectivity index (χ3v) is 3.30. The zero-order valence-corrected chi connectivity index (χ0v) is 11.2. The highest BCUT2D eigenvalue weighted by atomic mass is 16.4. The third-order valence-electron chi connectivity index (χ3n) is 3.30. The summed E-state index contributed by atoms with van der Waals surface area (Å²) in [6, 6.07) is 7.90. The molecule has 0 saturated heterocycles. The lowest BCUT2D eigenvalue weighted by atomic mass is 9.98. The number of hydrogen-bond acceptors (Lipinski definition) is 2. The van der Waals surface area contributed by atoms with Crippen LogP contribution in [0.2, 0.25) is 0 Å². The molecular formula is C16H17NO2. The molecule has 1 heterocycles. The summed E-state index contributed by atoms with van der Waals surface area (Å²) < 4.78 is 0. The van der Waals surface area contributed by atoms with E-state index >= 15 is 0 Å². The first-order valence-electron chi connectivity index (χ1n) is 6.30.